The maximum Gasteiger partial charge on any atom is 0.211 e. The van der Waals surface area contributed by atoms with E-state index in [1.807, 2.05) is 20.8 Å². The lowest BCUT2D eigenvalue weighted by Crippen LogP contribution is -2.41. The van der Waals surface area contributed by atoms with Crippen molar-refractivity contribution in [3.05, 3.63) is 0 Å². The molecule has 0 rings (SSSR count). The van der Waals surface area contributed by atoms with E-state index in [1.165, 1.54) is 0 Å². The molecule has 0 bridgehead atoms. The molecule has 3 nitrogen and oxygen atoms in total. The van der Waals surface area contributed by atoms with Crippen LogP contribution in [-0.4, -0.2) is 19.7 Å². The van der Waals surface area contributed by atoms with Crippen molar-refractivity contribution in [1.82, 2.24) is 4.72 Å². The van der Waals surface area contributed by atoms with Crippen LogP contribution in [0.2, 0.25) is 0 Å². The maximum absolute atomic E-state index is 10.9. The van der Waals surface area contributed by atoms with E-state index in [1.54, 1.807) is 6.92 Å². The van der Waals surface area contributed by atoms with Gasteiger partial charge in [-0.25, -0.2) is 13.1 Å². The van der Waals surface area contributed by atoms with Crippen LogP contribution < -0.4 is 4.72 Å². The lowest BCUT2D eigenvalue weighted by atomic mass is 10.1. The minimum atomic E-state index is -3.03. The van der Waals surface area contributed by atoms with Crippen LogP contribution in [-0.2, 0) is 10.0 Å². The zero-order valence-electron chi connectivity index (χ0n) is 6.93. The SMILES string of the molecule is CCS(=O)(=O)NC(C)(C)C. The van der Waals surface area contributed by atoms with Crippen molar-refractivity contribution >= 4 is 10.0 Å². The molecule has 4 heteroatoms. The van der Waals surface area contributed by atoms with Gasteiger partial charge in [0.15, 0.2) is 0 Å². The molecule has 0 spiro atoms. The summed E-state index contributed by atoms with van der Waals surface area (Å²) >= 11 is 0. The second-order valence-corrected chi connectivity index (χ2v) is 5.27. The molecule has 0 atom stereocenters. The summed E-state index contributed by atoms with van der Waals surface area (Å²) in [6.07, 6.45) is 0. The average molecular weight is 165 g/mol. The van der Waals surface area contributed by atoms with Gasteiger partial charge in [-0.2, -0.15) is 0 Å². The Hall–Kier alpha value is -0.0900. The van der Waals surface area contributed by atoms with Gasteiger partial charge in [0.1, 0.15) is 0 Å². The van der Waals surface area contributed by atoms with E-state index in [-0.39, 0.29) is 11.3 Å². The van der Waals surface area contributed by atoms with E-state index in [9.17, 15) is 8.42 Å². The van der Waals surface area contributed by atoms with Crippen molar-refractivity contribution in [2.75, 3.05) is 5.75 Å². The van der Waals surface area contributed by atoms with E-state index >= 15 is 0 Å². The van der Waals surface area contributed by atoms with Gasteiger partial charge in [0.05, 0.1) is 5.75 Å². The minimum Gasteiger partial charge on any atom is -0.212 e. The number of hydrogen-bond acceptors (Lipinski definition) is 2. The van der Waals surface area contributed by atoms with Crippen molar-refractivity contribution in [2.24, 2.45) is 0 Å². The molecule has 62 valence electrons. The molecule has 0 aliphatic carbocycles. The van der Waals surface area contributed by atoms with E-state index in [4.69, 9.17) is 0 Å². The molecule has 0 aliphatic heterocycles. The lowest BCUT2D eigenvalue weighted by molar-refractivity contribution is 0.492. The fourth-order valence-corrected chi connectivity index (χ4v) is 1.62. The highest BCUT2D eigenvalue weighted by atomic mass is 32.2. The predicted octanol–water partition coefficient (Wildman–Crippen LogP) is 0.724. The second-order valence-electron chi connectivity index (χ2n) is 3.26. The molecule has 0 amide bonds. The topological polar surface area (TPSA) is 46.2 Å². The fourth-order valence-electron chi connectivity index (χ4n) is 0.539. The van der Waals surface area contributed by atoms with Crippen LogP contribution in [0.3, 0.4) is 0 Å². The molecule has 0 aromatic carbocycles. The Morgan fingerprint density at radius 1 is 1.30 bits per heavy atom. The molecular formula is C6H15NO2S. The first kappa shape index (κ1) is 9.91. The highest BCUT2D eigenvalue weighted by molar-refractivity contribution is 7.89. The van der Waals surface area contributed by atoms with Gasteiger partial charge in [-0.15, -0.1) is 0 Å². The summed E-state index contributed by atoms with van der Waals surface area (Å²) in [6.45, 7) is 7.08. The number of nitrogens with one attached hydrogen (secondary N) is 1. The van der Waals surface area contributed by atoms with Gasteiger partial charge in [0.2, 0.25) is 10.0 Å². The zero-order chi connectivity index (χ0) is 8.41. The molecule has 0 fully saturated rings. The summed E-state index contributed by atoms with van der Waals surface area (Å²) in [7, 11) is -3.03. The number of sulfonamides is 1. The van der Waals surface area contributed by atoms with Crippen molar-refractivity contribution < 1.29 is 8.42 Å². The third-order valence-corrected chi connectivity index (χ3v) is 2.53. The Kier molecular flexibility index (Phi) is 2.86. The van der Waals surface area contributed by atoms with Gasteiger partial charge in [-0.1, -0.05) is 0 Å². The van der Waals surface area contributed by atoms with Crippen LogP contribution in [0.1, 0.15) is 27.7 Å². The molecular weight excluding hydrogens is 150 g/mol. The summed E-state index contributed by atoms with van der Waals surface area (Å²) in [4.78, 5) is 0. The minimum absolute atomic E-state index is 0.143. The normalized spacial score (nSPS) is 13.6. The fraction of sp³-hybridized carbons (Fsp3) is 1.00. The van der Waals surface area contributed by atoms with Gasteiger partial charge < -0.3 is 0 Å². The Labute approximate surface area is 62.9 Å². The van der Waals surface area contributed by atoms with Crippen molar-refractivity contribution in [2.45, 2.75) is 33.2 Å². The molecule has 10 heavy (non-hydrogen) atoms. The highest BCUT2D eigenvalue weighted by Crippen LogP contribution is 2.01. The Morgan fingerprint density at radius 3 is 1.80 bits per heavy atom. The third kappa shape index (κ3) is 4.76. The largest absolute Gasteiger partial charge is 0.212 e. The van der Waals surface area contributed by atoms with Gasteiger partial charge in [0.25, 0.3) is 0 Å². The summed E-state index contributed by atoms with van der Waals surface area (Å²) in [5.41, 5.74) is -0.352. The van der Waals surface area contributed by atoms with Crippen LogP contribution in [0.5, 0.6) is 0 Å². The molecule has 0 radical (unpaired) electrons. The molecule has 1 N–H and O–H groups in total. The quantitative estimate of drug-likeness (QED) is 0.655. The smallest absolute Gasteiger partial charge is 0.211 e. The zero-order valence-corrected chi connectivity index (χ0v) is 7.75. The van der Waals surface area contributed by atoms with Gasteiger partial charge in [-0.3, -0.25) is 0 Å². The third-order valence-electron chi connectivity index (χ3n) is 0.842. The molecule has 0 aromatic rings. The molecule has 0 saturated heterocycles. The van der Waals surface area contributed by atoms with Crippen LogP contribution in [0.25, 0.3) is 0 Å². The van der Waals surface area contributed by atoms with Gasteiger partial charge >= 0.3 is 0 Å². The number of hydrogen-bond donors (Lipinski definition) is 1. The van der Waals surface area contributed by atoms with Crippen LogP contribution >= 0.6 is 0 Å². The maximum atomic E-state index is 10.9. The molecule has 0 saturated carbocycles. The van der Waals surface area contributed by atoms with E-state index in [2.05, 4.69) is 4.72 Å². The molecule has 0 heterocycles. The molecule has 0 aliphatic rings. The summed E-state index contributed by atoms with van der Waals surface area (Å²) in [5.74, 6) is 0.143. The highest BCUT2D eigenvalue weighted by Gasteiger charge is 2.17. The first-order valence-corrected chi connectivity index (χ1v) is 4.94. The molecule has 0 unspecified atom stereocenters. The Balaban J connectivity index is 4.18. The first-order chi connectivity index (χ1) is 4.27. The summed E-state index contributed by atoms with van der Waals surface area (Å²) in [5, 5.41) is 0. The van der Waals surface area contributed by atoms with Crippen LogP contribution in [0, 0.1) is 0 Å². The van der Waals surface area contributed by atoms with Gasteiger partial charge in [0, 0.05) is 5.54 Å². The first-order valence-electron chi connectivity index (χ1n) is 3.28. The van der Waals surface area contributed by atoms with Crippen LogP contribution in [0.15, 0.2) is 0 Å². The summed E-state index contributed by atoms with van der Waals surface area (Å²) < 4.78 is 24.3. The van der Waals surface area contributed by atoms with Crippen molar-refractivity contribution in [1.29, 1.82) is 0 Å². The number of rotatable bonds is 2. The van der Waals surface area contributed by atoms with E-state index < -0.39 is 10.0 Å². The standard InChI is InChI=1S/C6H15NO2S/c1-5-10(8,9)7-6(2,3)4/h7H,5H2,1-4H3. The predicted molar refractivity (Wildman–Crippen MR) is 42.3 cm³/mol. The monoisotopic (exact) mass is 165 g/mol. The van der Waals surface area contributed by atoms with Gasteiger partial charge in [-0.05, 0) is 27.7 Å². The van der Waals surface area contributed by atoms with E-state index in [0.29, 0.717) is 0 Å². The molecule has 0 aromatic heterocycles. The Morgan fingerprint density at radius 2 is 1.70 bits per heavy atom. The van der Waals surface area contributed by atoms with Crippen molar-refractivity contribution in [3.63, 3.8) is 0 Å². The van der Waals surface area contributed by atoms with Crippen molar-refractivity contribution in [3.8, 4) is 0 Å². The lowest BCUT2D eigenvalue weighted by Gasteiger charge is -2.19. The Bertz CT molecular complexity index is 188. The second kappa shape index (κ2) is 2.88. The summed E-state index contributed by atoms with van der Waals surface area (Å²) in [6, 6.07) is 0. The van der Waals surface area contributed by atoms with E-state index in [0.717, 1.165) is 0 Å². The average Bonchev–Trinajstić information content (AvgIpc) is 1.60. The van der Waals surface area contributed by atoms with Crippen LogP contribution in [0.4, 0.5) is 0 Å².